The first-order valence-corrected chi connectivity index (χ1v) is 9.96. The molecule has 0 radical (unpaired) electrons. The van der Waals surface area contributed by atoms with E-state index >= 15 is 0 Å². The fourth-order valence-corrected chi connectivity index (χ4v) is 4.53. The van der Waals surface area contributed by atoms with E-state index in [-0.39, 0.29) is 17.1 Å². The highest BCUT2D eigenvalue weighted by Gasteiger charge is 2.37. The van der Waals surface area contributed by atoms with Gasteiger partial charge in [-0.2, -0.15) is 0 Å². The molecule has 0 spiro atoms. The van der Waals surface area contributed by atoms with Crippen LogP contribution in [0.3, 0.4) is 0 Å². The average molecular weight is 391 g/mol. The molecule has 2 aliphatic rings. The number of rotatable bonds is 1. The standard InChI is InChI=1S/C26H17NO3/c28-24-18-11-5-7-13-22(18)30-26-19(24)14-15-21-23(26)25(29)17-10-4-6-12-20(17)27(21)16-8-2-1-3-9-16/h1-15,18,22H. The van der Waals surface area contributed by atoms with Gasteiger partial charge in [0.05, 0.1) is 27.9 Å². The van der Waals surface area contributed by atoms with Crippen molar-refractivity contribution >= 4 is 27.6 Å². The van der Waals surface area contributed by atoms with Crippen molar-refractivity contribution < 1.29 is 9.53 Å². The van der Waals surface area contributed by atoms with Gasteiger partial charge in [-0.25, -0.2) is 0 Å². The molecule has 2 unspecified atom stereocenters. The summed E-state index contributed by atoms with van der Waals surface area (Å²) in [6.07, 6.45) is 7.09. The number of allylic oxidation sites excluding steroid dienone is 2. The number of carbonyl (C=O) groups is 1. The lowest BCUT2D eigenvalue weighted by Crippen LogP contribution is -2.36. The molecule has 6 rings (SSSR count). The van der Waals surface area contributed by atoms with Gasteiger partial charge in [0.25, 0.3) is 0 Å². The van der Waals surface area contributed by atoms with Crippen molar-refractivity contribution in [2.24, 2.45) is 5.92 Å². The normalized spacial score (nSPS) is 19.5. The summed E-state index contributed by atoms with van der Waals surface area (Å²) in [5.41, 5.74) is 2.84. The number of para-hydroxylation sites is 2. The molecule has 4 aromatic rings. The first kappa shape index (κ1) is 17.0. The molecule has 1 aliphatic carbocycles. The van der Waals surface area contributed by atoms with E-state index in [2.05, 4.69) is 4.57 Å². The molecule has 4 nitrogen and oxygen atoms in total. The summed E-state index contributed by atoms with van der Waals surface area (Å²) < 4.78 is 8.33. The van der Waals surface area contributed by atoms with Gasteiger partial charge in [-0.05, 0) is 42.5 Å². The lowest BCUT2D eigenvalue weighted by Gasteiger charge is -2.31. The van der Waals surface area contributed by atoms with Gasteiger partial charge < -0.3 is 9.30 Å². The predicted octanol–water partition coefficient (Wildman–Crippen LogP) is 4.83. The monoisotopic (exact) mass is 391 g/mol. The molecule has 1 aromatic heterocycles. The maximum absolute atomic E-state index is 13.6. The molecule has 30 heavy (non-hydrogen) atoms. The summed E-state index contributed by atoms with van der Waals surface area (Å²) in [6, 6.07) is 21.1. The van der Waals surface area contributed by atoms with Gasteiger partial charge in [-0.15, -0.1) is 0 Å². The van der Waals surface area contributed by atoms with E-state index in [0.29, 0.717) is 22.1 Å². The SMILES string of the molecule is O=C1c2ccc3c(c2OC2C=CC=CC12)c(=O)c1ccccc1n3-c1ccccc1. The van der Waals surface area contributed by atoms with Crippen molar-refractivity contribution in [1.82, 2.24) is 4.57 Å². The zero-order chi connectivity index (χ0) is 20.2. The topological polar surface area (TPSA) is 48.3 Å². The van der Waals surface area contributed by atoms with E-state index in [1.165, 1.54) is 0 Å². The van der Waals surface area contributed by atoms with E-state index in [4.69, 9.17) is 4.74 Å². The van der Waals surface area contributed by atoms with E-state index in [9.17, 15) is 9.59 Å². The second-order valence-electron chi connectivity index (χ2n) is 7.60. The lowest BCUT2D eigenvalue weighted by molar-refractivity contribution is 0.0810. The molecule has 2 atom stereocenters. The minimum absolute atomic E-state index is 0.0115. The predicted molar refractivity (Wildman–Crippen MR) is 118 cm³/mol. The zero-order valence-electron chi connectivity index (χ0n) is 16.0. The fraction of sp³-hybridized carbons (Fsp3) is 0.0769. The number of benzene rings is 3. The minimum Gasteiger partial charge on any atom is -0.484 e. The second-order valence-corrected chi connectivity index (χ2v) is 7.60. The van der Waals surface area contributed by atoms with E-state index in [1.54, 1.807) is 6.07 Å². The first-order valence-electron chi connectivity index (χ1n) is 9.96. The van der Waals surface area contributed by atoms with Crippen LogP contribution in [-0.4, -0.2) is 16.5 Å². The Morgan fingerprint density at radius 1 is 0.767 bits per heavy atom. The van der Waals surface area contributed by atoms with Gasteiger partial charge in [0.15, 0.2) is 5.78 Å². The Hall–Kier alpha value is -3.92. The van der Waals surface area contributed by atoms with Gasteiger partial charge in [0.1, 0.15) is 11.9 Å². The Kier molecular flexibility index (Phi) is 3.56. The molecule has 4 heteroatoms. The molecule has 0 saturated heterocycles. The van der Waals surface area contributed by atoms with Gasteiger partial charge in [-0.1, -0.05) is 48.6 Å². The van der Waals surface area contributed by atoms with Crippen LogP contribution in [0.5, 0.6) is 5.75 Å². The van der Waals surface area contributed by atoms with Crippen molar-refractivity contribution in [3.8, 4) is 11.4 Å². The number of hydrogen-bond acceptors (Lipinski definition) is 3. The molecule has 0 bridgehead atoms. The number of pyridine rings is 1. The highest BCUT2D eigenvalue weighted by atomic mass is 16.5. The third kappa shape index (κ3) is 2.28. The van der Waals surface area contributed by atoms with Crippen LogP contribution in [-0.2, 0) is 0 Å². The van der Waals surface area contributed by atoms with Crippen LogP contribution in [0, 0.1) is 5.92 Å². The van der Waals surface area contributed by atoms with Crippen molar-refractivity contribution in [3.05, 3.63) is 107 Å². The van der Waals surface area contributed by atoms with Crippen molar-refractivity contribution in [2.75, 3.05) is 0 Å². The Labute approximate surface area is 172 Å². The number of ketones is 1. The van der Waals surface area contributed by atoms with Gasteiger partial charge in [0, 0.05) is 11.1 Å². The largest absolute Gasteiger partial charge is 0.484 e. The van der Waals surface area contributed by atoms with E-state index in [1.807, 2.05) is 85.0 Å². The molecule has 2 heterocycles. The highest BCUT2D eigenvalue weighted by Crippen LogP contribution is 2.39. The number of nitrogens with zero attached hydrogens (tertiary/aromatic N) is 1. The number of aromatic nitrogens is 1. The quantitative estimate of drug-likeness (QED) is 0.437. The summed E-state index contributed by atoms with van der Waals surface area (Å²) in [7, 11) is 0. The summed E-state index contributed by atoms with van der Waals surface area (Å²) in [4.78, 5) is 26.7. The molecule has 0 amide bonds. The fourth-order valence-electron chi connectivity index (χ4n) is 4.53. The Morgan fingerprint density at radius 2 is 1.53 bits per heavy atom. The van der Waals surface area contributed by atoms with Crippen LogP contribution in [0.2, 0.25) is 0 Å². The van der Waals surface area contributed by atoms with Crippen LogP contribution in [0.25, 0.3) is 27.5 Å². The van der Waals surface area contributed by atoms with Crippen molar-refractivity contribution in [2.45, 2.75) is 6.10 Å². The third-order valence-electron chi connectivity index (χ3n) is 5.91. The molecule has 0 saturated carbocycles. The van der Waals surface area contributed by atoms with Crippen LogP contribution < -0.4 is 10.2 Å². The lowest BCUT2D eigenvalue weighted by atomic mass is 9.85. The smallest absolute Gasteiger partial charge is 0.201 e. The molecule has 0 N–H and O–H groups in total. The molecular formula is C26H17NO3. The zero-order valence-corrected chi connectivity index (χ0v) is 16.0. The maximum Gasteiger partial charge on any atom is 0.201 e. The van der Waals surface area contributed by atoms with Gasteiger partial charge in [0.2, 0.25) is 5.43 Å². The Bertz CT molecular complexity index is 1460. The summed E-state index contributed by atoms with van der Waals surface area (Å²) in [5, 5.41) is 1.05. The van der Waals surface area contributed by atoms with Crippen LogP contribution >= 0.6 is 0 Å². The number of Topliss-reactive ketones (excluding diaryl/α,β-unsaturated/α-hetero) is 1. The van der Waals surface area contributed by atoms with E-state index < -0.39 is 6.10 Å². The van der Waals surface area contributed by atoms with Crippen LogP contribution in [0.1, 0.15) is 10.4 Å². The minimum atomic E-state index is -0.392. The van der Waals surface area contributed by atoms with Crippen molar-refractivity contribution in [3.63, 3.8) is 0 Å². The van der Waals surface area contributed by atoms with Crippen LogP contribution in [0.4, 0.5) is 0 Å². The Morgan fingerprint density at radius 3 is 2.40 bits per heavy atom. The van der Waals surface area contributed by atoms with Crippen LogP contribution in [0.15, 0.2) is 95.8 Å². The molecule has 3 aromatic carbocycles. The number of hydrogen-bond donors (Lipinski definition) is 0. The second kappa shape index (κ2) is 6.29. The Balaban J connectivity index is 1.77. The molecule has 1 aliphatic heterocycles. The third-order valence-corrected chi connectivity index (χ3v) is 5.91. The highest BCUT2D eigenvalue weighted by molar-refractivity contribution is 6.09. The molecule has 0 fully saturated rings. The summed E-state index contributed by atoms with van der Waals surface area (Å²) in [5.74, 6) is 0.0264. The van der Waals surface area contributed by atoms with Gasteiger partial charge in [-0.3, -0.25) is 9.59 Å². The molecule has 144 valence electrons. The summed E-state index contributed by atoms with van der Waals surface area (Å²) in [6.45, 7) is 0. The summed E-state index contributed by atoms with van der Waals surface area (Å²) >= 11 is 0. The number of fused-ring (bicyclic) bond motifs is 5. The maximum atomic E-state index is 13.6. The molecular weight excluding hydrogens is 374 g/mol. The van der Waals surface area contributed by atoms with E-state index in [0.717, 1.165) is 16.7 Å². The van der Waals surface area contributed by atoms with Gasteiger partial charge >= 0.3 is 0 Å². The number of ether oxygens (including phenoxy) is 1. The van der Waals surface area contributed by atoms with Crippen molar-refractivity contribution in [1.29, 1.82) is 0 Å². The number of carbonyl (C=O) groups excluding carboxylic acids is 1. The first-order chi connectivity index (χ1) is 14.7. The average Bonchev–Trinajstić information content (AvgIpc) is 2.80.